The summed E-state index contributed by atoms with van der Waals surface area (Å²) in [6.07, 6.45) is 0.850. The van der Waals surface area contributed by atoms with Crippen LogP contribution < -0.4 is 4.74 Å². The fourth-order valence-electron chi connectivity index (χ4n) is 4.03. The van der Waals surface area contributed by atoms with E-state index in [9.17, 15) is 0 Å². The third kappa shape index (κ3) is 2.88. The Labute approximate surface area is 181 Å². The molecule has 3 nitrogen and oxygen atoms in total. The van der Waals surface area contributed by atoms with Gasteiger partial charge in [0.25, 0.3) is 0 Å². The smallest absolute Gasteiger partial charge is 0.221 e. The fraction of sp³-hybridized carbons (Fsp3) is 0.174. The third-order valence-corrected chi connectivity index (χ3v) is 6.50. The molecule has 0 aliphatic carbocycles. The molecule has 0 N–H and O–H groups in total. The predicted molar refractivity (Wildman–Crippen MR) is 118 cm³/mol. The number of ether oxygens (including phenoxy) is 1. The molecule has 0 aromatic heterocycles. The number of rotatable bonds is 2. The second-order valence-corrected chi connectivity index (χ2v) is 9.08. The van der Waals surface area contributed by atoms with Gasteiger partial charge in [0.15, 0.2) is 0 Å². The Morgan fingerprint density at radius 3 is 2.43 bits per heavy atom. The molecule has 140 valence electrons. The predicted octanol–water partition coefficient (Wildman–Crippen LogP) is 6.63. The average molecular weight is 498 g/mol. The molecule has 3 aromatic carbocycles. The van der Waals surface area contributed by atoms with Gasteiger partial charge in [-0.05, 0) is 35.9 Å². The van der Waals surface area contributed by atoms with Gasteiger partial charge >= 0.3 is 0 Å². The van der Waals surface area contributed by atoms with E-state index < -0.39 is 5.72 Å². The SMILES string of the molecule is C[C@@]1(c2ccc(Br)cc2)Oc2ccc(Br)cc2[C@@H]2CC(c3ccccc3)=NN21. The summed E-state index contributed by atoms with van der Waals surface area (Å²) in [7, 11) is 0. The molecule has 3 aromatic rings. The zero-order valence-corrected chi connectivity index (χ0v) is 18.4. The summed E-state index contributed by atoms with van der Waals surface area (Å²) >= 11 is 7.14. The van der Waals surface area contributed by atoms with Gasteiger partial charge in [-0.1, -0.05) is 74.3 Å². The van der Waals surface area contributed by atoms with Crippen molar-refractivity contribution >= 4 is 37.6 Å². The van der Waals surface area contributed by atoms with Gasteiger partial charge in [-0.25, -0.2) is 5.01 Å². The highest BCUT2D eigenvalue weighted by molar-refractivity contribution is 9.10. The van der Waals surface area contributed by atoms with Crippen LogP contribution in [0.5, 0.6) is 5.75 Å². The summed E-state index contributed by atoms with van der Waals surface area (Å²) in [6.45, 7) is 2.10. The largest absolute Gasteiger partial charge is 0.462 e. The maximum Gasteiger partial charge on any atom is 0.221 e. The second kappa shape index (κ2) is 6.75. The van der Waals surface area contributed by atoms with Crippen molar-refractivity contribution in [2.24, 2.45) is 5.10 Å². The molecule has 2 heterocycles. The lowest BCUT2D eigenvalue weighted by Crippen LogP contribution is -2.48. The quantitative estimate of drug-likeness (QED) is 0.397. The van der Waals surface area contributed by atoms with Crippen LogP contribution in [0.25, 0.3) is 0 Å². The minimum Gasteiger partial charge on any atom is -0.462 e. The van der Waals surface area contributed by atoms with Gasteiger partial charge in [0, 0.05) is 33.4 Å². The lowest BCUT2D eigenvalue weighted by Gasteiger charge is -2.46. The van der Waals surface area contributed by atoms with Gasteiger partial charge in [-0.15, -0.1) is 0 Å². The summed E-state index contributed by atoms with van der Waals surface area (Å²) in [5.74, 6) is 0.916. The summed E-state index contributed by atoms with van der Waals surface area (Å²) in [5.41, 5.74) is 3.81. The number of benzene rings is 3. The van der Waals surface area contributed by atoms with Crippen LogP contribution in [-0.2, 0) is 5.72 Å². The second-order valence-electron chi connectivity index (χ2n) is 7.25. The molecule has 0 radical (unpaired) electrons. The first-order valence-corrected chi connectivity index (χ1v) is 10.8. The molecule has 0 saturated heterocycles. The van der Waals surface area contributed by atoms with E-state index in [0.717, 1.165) is 38.0 Å². The fourth-order valence-corrected chi connectivity index (χ4v) is 4.68. The number of fused-ring (bicyclic) bond motifs is 3. The van der Waals surface area contributed by atoms with E-state index in [0.29, 0.717) is 0 Å². The van der Waals surface area contributed by atoms with Crippen LogP contribution in [0.1, 0.15) is 36.1 Å². The van der Waals surface area contributed by atoms with E-state index in [4.69, 9.17) is 9.84 Å². The zero-order chi connectivity index (χ0) is 19.3. The molecule has 0 amide bonds. The molecular formula is C23H18Br2N2O. The first-order valence-electron chi connectivity index (χ1n) is 9.21. The van der Waals surface area contributed by atoms with Gasteiger partial charge in [-0.3, -0.25) is 0 Å². The molecule has 2 atom stereocenters. The first kappa shape index (κ1) is 18.0. The van der Waals surface area contributed by atoms with Crippen molar-refractivity contribution in [2.75, 3.05) is 0 Å². The normalized spacial score (nSPS) is 22.9. The monoisotopic (exact) mass is 496 g/mol. The van der Waals surface area contributed by atoms with E-state index in [1.54, 1.807) is 0 Å². The van der Waals surface area contributed by atoms with Crippen LogP contribution in [0.4, 0.5) is 0 Å². The molecular weight excluding hydrogens is 480 g/mol. The van der Waals surface area contributed by atoms with Gasteiger partial charge < -0.3 is 4.74 Å². The third-order valence-electron chi connectivity index (χ3n) is 5.47. The molecule has 2 aliphatic heterocycles. The molecule has 5 rings (SSSR count). The van der Waals surface area contributed by atoms with Gasteiger partial charge in [-0.2, -0.15) is 5.10 Å². The molecule has 0 bridgehead atoms. The van der Waals surface area contributed by atoms with Gasteiger partial charge in [0.1, 0.15) is 5.75 Å². The number of halogens is 2. The summed E-state index contributed by atoms with van der Waals surface area (Å²) in [4.78, 5) is 0. The number of hydrazone groups is 1. The Kier molecular flexibility index (Phi) is 4.33. The van der Waals surface area contributed by atoms with Crippen LogP contribution in [0.3, 0.4) is 0 Å². The van der Waals surface area contributed by atoms with Crippen molar-refractivity contribution in [2.45, 2.75) is 25.1 Å². The van der Waals surface area contributed by atoms with E-state index in [2.05, 4.69) is 86.3 Å². The minimum atomic E-state index is -0.678. The van der Waals surface area contributed by atoms with Gasteiger partial charge in [0.2, 0.25) is 5.72 Å². The summed E-state index contributed by atoms with van der Waals surface area (Å²) in [6, 6.07) is 25.1. The van der Waals surface area contributed by atoms with E-state index in [1.807, 2.05) is 30.3 Å². The molecule has 0 fully saturated rings. The highest BCUT2D eigenvalue weighted by Gasteiger charge is 2.48. The van der Waals surface area contributed by atoms with Crippen molar-refractivity contribution < 1.29 is 4.74 Å². The van der Waals surface area contributed by atoms with E-state index >= 15 is 0 Å². The van der Waals surface area contributed by atoms with Crippen LogP contribution in [0.2, 0.25) is 0 Å². The van der Waals surface area contributed by atoms with Crippen molar-refractivity contribution in [3.63, 3.8) is 0 Å². The van der Waals surface area contributed by atoms with Crippen molar-refractivity contribution in [3.8, 4) is 5.75 Å². The van der Waals surface area contributed by atoms with E-state index in [-0.39, 0.29) is 6.04 Å². The number of nitrogens with zero attached hydrogens (tertiary/aromatic N) is 2. The molecule has 2 aliphatic rings. The van der Waals surface area contributed by atoms with Crippen molar-refractivity contribution in [1.82, 2.24) is 5.01 Å². The zero-order valence-electron chi connectivity index (χ0n) is 15.3. The first-order chi connectivity index (χ1) is 13.5. The van der Waals surface area contributed by atoms with Crippen LogP contribution in [0.15, 0.2) is 86.8 Å². The van der Waals surface area contributed by atoms with Crippen molar-refractivity contribution in [3.05, 3.63) is 98.4 Å². The highest BCUT2D eigenvalue weighted by atomic mass is 79.9. The Balaban J connectivity index is 1.66. The highest BCUT2D eigenvalue weighted by Crippen LogP contribution is 2.50. The lowest BCUT2D eigenvalue weighted by molar-refractivity contribution is -0.112. The topological polar surface area (TPSA) is 24.8 Å². The average Bonchev–Trinajstić information content (AvgIpc) is 3.17. The molecule has 28 heavy (non-hydrogen) atoms. The van der Waals surface area contributed by atoms with Gasteiger partial charge in [0.05, 0.1) is 11.8 Å². The standard InChI is InChI=1S/C23H18Br2N2O/c1-23(16-7-9-17(24)10-8-16)27-21(19-13-18(25)11-12-22(19)28-23)14-20(26-27)15-5-3-2-4-6-15/h2-13,21H,14H2,1H3/t21-,23-/m0/s1. The minimum absolute atomic E-state index is 0.130. The van der Waals surface area contributed by atoms with Crippen molar-refractivity contribution in [1.29, 1.82) is 0 Å². The maximum absolute atomic E-state index is 6.58. The lowest BCUT2D eigenvalue weighted by atomic mass is 9.92. The van der Waals surface area contributed by atoms with Crippen LogP contribution in [-0.4, -0.2) is 10.7 Å². The molecule has 0 unspecified atom stereocenters. The Morgan fingerprint density at radius 1 is 0.964 bits per heavy atom. The Hall–Kier alpha value is -2.11. The van der Waals surface area contributed by atoms with E-state index in [1.165, 1.54) is 5.56 Å². The Bertz CT molecular complexity index is 1070. The Morgan fingerprint density at radius 2 is 1.68 bits per heavy atom. The summed E-state index contributed by atoms with van der Waals surface area (Å²) < 4.78 is 8.68. The molecule has 0 saturated carbocycles. The number of hydrogen-bond donors (Lipinski definition) is 0. The molecule has 0 spiro atoms. The van der Waals surface area contributed by atoms with Crippen LogP contribution >= 0.6 is 31.9 Å². The summed E-state index contributed by atoms with van der Waals surface area (Å²) in [5, 5.41) is 7.19. The molecule has 5 heteroatoms. The number of hydrogen-bond acceptors (Lipinski definition) is 3. The maximum atomic E-state index is 6.58. The van der Waals surface area contributed by atoms with Crippen LogP contribution in [0, 0.1) is 0 Å².